The van der Waals surface area contributed by atoms with Crippen molar-refractivity contribution in [2.75, 3.05) is 6.61 Å². The normalized spacial score (nSPS) is 22.0. The van der Waals surface area contributed by atoms with Crippen LogP contribution in [0.15, 0.2) is 24.3 Å². The average molecular weight is 289 g/mol. The van der Waals surface area contributed by atoms with E-state index in [2.05, 4.69) is 52.0 Å². The van der Waals surface area contributed by atoms with Crippen molar-refractivity contribution in [3.63, 3.8) is 0 Å². The van der Waals surface area contributed by atoms with Gasteiger partial charge in [0.1, 0.15) is 0 Å². The van der Waals surface area contributed by atoms with Gasteiger partial charge in [-0.15, -0.1) is 0 Å². The van der Waals surface area contributed by atoms with Crippen LogP contribution in [0.1, 0.15) is 70.5 Å². The van der Waals surface area contributed by atoms with E-state index in [1.807, 2.05) is 0 Å². The van der Waals surface area contributed by atoms with Gasteiger partial charge in [0.05, 0.1) is 11.6 Å². The Balaban J connectivity index is 2.20. The molecule has 0 aliphatic heterocycles. The number of aryl methyl sites for hydroxylation is 1. The number of hydrogen-bond donors (Lipinski definition) is 1. The minimum absolute atomic E-state index is 0.0283. The second kappa shape index (κ2) is 6.50. The molecule has 2 N–H and O–H groups in total. The van der Waals surface area contributed by atoms with Crippen molar-refractivity contribution in [1.82, 2.24) is 0 Å². The molecule has 1 aliphatic rings. The van der Waals surface area contributed by atoms with E-state index >= 15 is 0 Å². The van der Waals surface area contributed by atoms with Crippen LogP contribution in [0.3, 0.4) is 0 Å². The van der Waals surface area contributed by atoms with Crippen LogP contribution in [0.4, 0.5) is 0 Å². The van der Waals surface area contributed by atoms with E-state index in [9.17, 15) is 0 Å². The lowest BCUT2D eigenvalue weighted by Crippen LogP contribution is -2.48. The Morgan fingerprint density at radius 2 is 1.62 bits per heavy atom. The standard InChI is InChI=1S/C19H31NO/c1-5-15-7-9-16(10-8-15)17(20)19(21-6-2)13-11-18(3,4)12-14-19/h7-10,17H,5-6,11-14,20H2,1-4H3. The summed E-state index contributed by atoms with van der Waals surface area (Å²) < 4.78 is 6.21. The van der Waals surface area contributed by atoms with Gasteiger partial charge < -0.3 is 10.5 Å². The molecule has 1 saturated carbocycles. The minimum Gasteiger partial charge on any atom is -0.373 e. The molecule has 0 saturated heterocycles. The van der Waals surface area contributed by atoms with Crippen LogP contribution < -0.4 is 5.73 Å². The van der Waals surface area contributed by atoms with Crippen LogP contribution in [0.2, 0.25) is 0 Å². The molecule has 1 unspecified atom stereocenters. The molecule has 1 aromatic rings. The Bertz CT molecular complexity index is 439. The fourth-order valence-corrected chi connectivity index (χ4v) is 3.45. The molecule has 0 radical (unpaired) electrons. The fraction of sp³-hybridized carbons (Fsp3) is 0.684. The molecule has 0 amide bonds. The third-order valence-corrected chi connectivity index (χ3v) is 5.20. The van der Waals surface area contributed by atoms with Crippen LogP contribution in [0, 0.1) is 5.41 Å². The highest BCUT2D eigenvalue weighted by Crippen LogP contribution is 2.46. The van der Waals surface area contributed by atoms with E-state index in [-0.39, 0.29) is 11.6 Å². The molecule has 118 valence electrons. The lowest BCUT2D eigenvalue weighted by Gasteiger charge is -2.46. The molecule has 2 nitrogen and oxygen atoms in total. The molecule has 0 spiro atoms. The van der Waals surface area contributed by atoms with Crippen LogP contribution in [0.25, 0.3) is 0 Å². The van der Waals surface area contributed by atoms with Crippen molar-refractivity contribution in [3.8, 4) is 0 Å². The molecule has 0 aromatic heterocycles. The summed E-state index contributed by atoms with van der Waals surface area (Å²) in [5.41, 5.74) is 9.46. The smallest absolute Gasteiger partial charge is 0.0874 e. The maximum atomic E-state index is 6.65. The summed E-state index contributed by atoms with van der Waals surface area (Å²) in [7, 11) is 0. The monoisotopic (exact) mass is 289 g/mol. The first kappa shape index (κ1) is 16.5. The second-order valence-corrected chi connectivity index (χ2v) is 7.23. The zero-order valence-corrected chi connectivity index (χ0v) is 14.1. The lowest BCUT2D eigenvalue weighted by atomic mass is 9.67. The summed E-state index contributed by atoms with van der Waals surface area (Å²) in [6.07, 6.45) is 5.57. The van der Waals surface area contributed by atoms with Crippen molar-refractivity contribution in [2.24, 2.45) is 11.1 Å². The number of hydrogen-bond acceptors (Lipinski definition) is 2. The van der Waals surface area contributed by atoms with Crippen molar-refractivity contribution in [3.05, 3.63) is 35.4 Å². The summed E-state index contributed by atoms with van der Waals surface area (Å²) in [5, 5.41) is 0. The van der Waals surface area contributed by atoms with Crippen LogP contribution >= 0.6 is 0 Å². The first-order valence-corrected chi connectivity index (χ1v) is 8.41. The average Bonchev–Trinajstić information content (AvgIpc) is 2.49. The van der Waals surface area contributed by atoms with Gasteiger partial charge in [-0.3, -0.25) is 0 Å². The highest BCUT2D eigenvalue weighted by atomic mass is 16.5. The van der Waals surface area contributed by atoms with Crippen molar-refractivity contribution in [2.45, 2.75) is 71.4 Å². The summed E-state index contributed by atoms with van der Waals surface area (Å²) in [6.45, 7) is 9.70. The van der Waals surface area contributed by atoms with Gasteiger partial charge in [0, 0.05) is 6.61 Å². The molecule has 21 heavy (non-hydrogen) atoms. The predicted octanol–water partition coefficient (Wildman–Crippen LogP) is 4.62. The molecule has 1 atom stereocenters. The number of ether oxygens (including phenoxy) is 1. The van der Waals surface area contributed by atoms with E-state index < -0.39 is 0 Å². The van der Waals surface area contributed by atoms with Crippen LogP contribution in [0.5, 0.6) is 0 Å². The Morgan fingerprint density at radius 1 is 1.05 bits per heavy atom. The number of rotatable bonds is 5. The number of nitrogens with two attached hydrogens (primary N) is 1. The predicted molar refractivity (Wildman–Crippen MR) is 89.4 cm³/mol. The SMILES string of the molecule is CCOC1(C(N)c2ccc(CC)cc2)CCC(C)(C)CC1. The van der Waals surface area contributed by atoms with Gasteiger partial charge >= 0.3 is 0 Å². The summed E-state index contributed by atoms with van der Waals surface area (Å²) >= 11 is 0. The van der Waals surface area contributed by atoms with Gasteiger partial charge in [0.15, 0.2) is 0 Å². The van der Waals surface area contributed by atoms with Gasteiger partial charge in [0.2, 0.25) is 0 Å². The molecule has 1 aromatic carbocycles. The van der Waals surface area contributed by atoms with Crippen LogP contribution in [-0.4, -0.2) is 12.2 Å². The third kappa shape index (κ3) is 3.67. The van der Waals surface area contributed by atoms with E-state index in [4.69, 9.17) is 10.5 Å². The van der Waals surface area contributed by atoms with Crippen molar-refractivity contribution < 1.29 is 4.74 Å². The van der Waals surface area contributed by atoms with Gasteiger partial charge in [-0.25, -0.2) is 0 Å². The molecule has 2 rings (SSSR count). The molecule has 0 bridgehead atoms. The zero-order chi connectivity index (χ0) is 15.5. The first-order chi connectivity index (χ1) is 9.92. The Morgan fingerprint density at radius 3 is 2.10 bits per heavy atom. The molecule has 0 heterocycles. The second-order valence-electron chi connectivity index (χ2n) is 7.23. The first-order valence-electron chi connectivity index (χ1n) is 8.41. The highest BCUT2D eigenvalue weighted by Gasteiger charge is 2.43. The Labute approximate surface area is 130 Å². The molecular formula is C19H31NO. The molecular weight excluding hydrogens is 258 g/mol. The van der Waals surface area contributed by atoms with Crippen LogP contribution in [-0.2, 0) is 11.2 Å². The van der Waals surface area contributed by atoms with E-state index in [0.717, 1.165) is 25.9 Å². The minimum atomic E-state index is -0.183. The summed E-state index contributed by atoms with van der Waals surface area (Å²) in [4.78, 5) is 0. The summed E-state index contributed by atoms with van der Waals surface area (Å²) in [5.74, 6) is 0. The highest BCUT2D eigenvalue weighted by molar-refractivity contribution is 5.27. The largest absolute Gasteiger partial charge is 0.373 e. The molecule has 2 heteroatoms. The van der Waals surface area contributed by atoms with Gasteiger partial charge in [-0.05, 0) is 55.6 Å². The topological polar surface area (TPSA) is 35.2 Å². The van der Waals surface area contributed by atoms with Gasteiger partial charge in [0.25, 0.3) is 0 Å². The van der Waals surface area contributed by atoms with E-state index in [0.29, 0.717) is 5.41 Å². The zero-order valence-electron chi connectivity index (χ0n) is 14.1. The molecule has 1 aliphatic carbocycles. The maximum Gasteiger partial charge on any atom is 0.0874 e. The Hall–Kier alpha value is -0.860. The van der Waals surface area contributed by atoms with Crippen molar-refractivity contribution in [1.29, 1.82) is 0 Å². The third-order valence-electron chi connectivity index (χ3n) is 5.20. The van der Waals surface area contributed by atoms with Gasteiger partial charge in [-0.2, -0.15) is 0 Å². The summed E-state index contributed by atoms with van der Waals surface area (Å²) in [6, 6.07) is 8.73. The van der Waals surface area contributed by atoms with E-state index in [1.54, 1.807) is 0 Å². The number of benzene rings is 1. The molecule has 1 fully saturated rings. The Kier molecular flexibility index (Phi) is 5.11. The van der Waals surface area contributed by atoms with E-state index in [1.165, 1.54) is 24.0 Å². The van der Waals surface area contributed by atoms with Gasteiger partial charge in [-0.1, -0.05) is 45.0 Å². The fourth-order valence-electron chi connectivity index (χ4n) is 3.45. The lowest BCUT2D eigenvalue weighted by molar-refractivity contribution is -0.100. The maximum absolute atomic E-state index is 6.65. The van der Waals surface area contributed by atoms with Crippen molar-refractivity contribution >= 4 is 0 Å². The quantitative estimate of drug-likeness (QED) is 0.858.